The minimum Gasteiger partial charge on any atom is -0.487 e. The van der Waals surface area contributed by atoms with Crippen molar-refractivity contribution in [2.24, 2.45) is 0 Å². The Morgan fingerprint density at radius 3 is 1.30 bits per heavy atom. The van der Waals surface area contributed by atoms with Crippen LogP contribution in [0.25, 0.3) is 0 Å². The van der Waals surface area contributed by atoms with E-state index in [0.717, 1.165) is 0 Å². The SMILES string of the molecule is O=C(O[C@H]1[C@H](OC(=O)c2ccccc2)[C@@H](CBr)OCCOCCOc2ccccc2OCCOCCO[C@@H]1CBr)c1ccccc1. The Balaban J connectivity index is 1.57. The lowest BCUT2D eigenvalue weighted by Crippen LogP contribution is -2.52. The Morgan fingerprint density at radius 2 is 0.913 bits per heavy atom. The summed E-state index contributed by atoms with van der Waals surface area (Å²) >= 11 is 7.04. The van der Waals surface area contributed by atoms with Crippen LogP contribution in [0.5, 0.6) is 11.5 Å². The molecule has 0 N–H and O–H groups in total. The lowest BCUT2D eigenvalue weighted by atomic mass is 10.0. The second-order valence-corrected chi connectivity index (χ2v) is 11.3. The molecular weight excluding hydrogens is 728 g/mol. The van der Waals surface area contributed by atoms with Crippen molar-refractivity contribution in [2.75, 3.05) is 63.5 Å². The first kappa shape index (κ1) is 35.8. The van der Waals surface area contributed by atoms with Crippen molar-refractivity contribution in [3.63, 3.8) is 0 Å². The minimum atomic E-state index is -1.07. The molecule has 1 aliphatic rings. The van der Waals surface area contributed by atoms with Crippen molar-refractivity contribution < 1.29 is 47.5 Å². The molecule has 3 aromatic rings. The predicted molar refractivity (Wildman–Crippen MR) is 177 cm³/mol. The fourth-order valence-corrected chi connectivity index (χ4v) is 5.64. The number of rotatable bonds is 6. The van der Waals surface area contributed by atoms with Crippen molar-refractivity contribution in [1.82, 2.24) is 0 Å². The molecule has 0 amide bonds. The Bertz CT molecular complexity index is 1210. The Hall–Kier alpha value is -3.00. The molecule has 0 saturated heterocycles. The number of para-hydroxylation sites is 2. The van der Waals surface area contributed by atoms with Gasteiger partial charge in [-0.3, -0.25) is 0 Å². The number of halogens is 2. The average molecular weight is 766 g/mol. The van der Waals surface area contributed by atoms with Crippen molar-refractivity contribution in [2.45, 2.75) is 24.4 Å². The number of esters is 2. The molecule has 0 saturated carbocycles. The first-order chi connectivity index (χ1) is 22.6. The van der Waals surface area contributed by atoms with Gasteiger partial charge in [0.15, 0.2) is 23.7 Å². The van der Waals surface area contributed by atoms with Crippen LogP contribution in [-0.2, 0) is 28.4 Å². The monoisotopic (exact) mass is 764 g/mol. The fourth-order valence-electron chi connectivity index (χ4n) is 4.53. The van der Waals surface area contributed by atoms with Gasteiger partial charge in [-0.25, -0.2) is 9.59 Å². The van der Waals surface area contributed by atoms with Crippen LogP contribution >= 0.6 is 31.9 Å². The van der Waals surface area contributed by atoms with Crippen LogP contribution in [0.4, 0.5) is 0 Å². The molecule has 12 heteroatoms. The smallest absolute Gasteiger partial charge is 0.338 e. The highest BCUT2D eigenvalue weighted by molar-refractivity contribution is 9.09. The maximum atomic E-state index is 13.4. The van der Waals surface area contributed by atoms with Crippen LogP contribution in [0.3, 0.4) is 0 Å². The molecule has 0 aliphatic carbocycles. The van der Waals surface area contributed by atoms with E-state index in [1.54, 1.807) is 60.7 Å². The number of fused-ring (bicyclic) bond motifs is 1. The molecule has 3 aromatic carbocycles. The summed E-state index contributed by atoms with van der Waals surface area (Å²) in [5.74, 6) is 0.0268. The normalized spacial score (nSPS) is 22.2. The van der Waals surface area contributed by atoms with Crippen LogP contribution in [0, 0.1) is 0 Å². The third kappa shape index (κ3) is 11.4. The van der Waals surface area contributed by atoms with Gasteiger partial charge in [0.1, 0.15) is 25.4 Å². The third-order valence-electron chi connectivity index (χ3n) is 6.80. The first-order valence-electron chi connectivity index (χ1n) is 15.0. The van der Waals surface area contributed by atoms with E-state index in [4.69, 9.17) is 37.9 Å². The largest absolute Gasteiger partial charge is 0.487 e. The highest BCUT2D eigenvalue weighted by atomic mass is 79.9. The molecule has 0 spiro atoms. The summed E-state index contributed by atoms with van der Waals surface area (Å²) in [6.07, 6.45) is -3.61. The van der Waals surface area contributed by atoms with E-state index in [0.29, 0.717) is 49.1 Å². The van der Waals surface area contributed by atoms with Gasteiger partial charge in [-0.05, 0) is 36.4 Å². The molecule has 4 atom stereocenters. The number of carbonyl (C=O) groups is 2. The quantitative estimate of drug-likeness (QED) is 0.236. The molecule has 1 heterocycles. The molecule has 0 unspecified atom stereocenters. The van der Waals surface area contributed by atoms with Gasteiger partial charge in [0, 0.05) is 10.7 Å². The number of hydrogen-bond donors (Lipinski definition) is 0. The van der Waals surface area contributed by atoms with E-state index in [1.165, 1.54) is 0 Å². The maximum Gasteiger partial charge on any atom is 0.338 e. The Labute approximate surface area is 285 Å². The fraction of sp³-hybridized carbons (Fsp3) is 0.412. The lowest BCUT2D eigenvalue weighted by molar-refractivity contribution is -0.140. The molecule has 0 bridgehead atoms. The maximum absolute atomic E-state index is 13.4. The van der Waals surface area contributed by atoms with Crippen LogP contribution in [0.15, 0.2) is 84.9 Å². The Kier molecular flexibility index (Phi) is 15.8. The molecule has 1 aliphatic heterocycles. The van der Waals surface area contributed by atoms with Crippen LogP contribution in [0.1, 0.15) is 20.7 Å². The van der Waals surface area contributed by atoms with E-state index < -0.39 is 36.4 Å². The topological polar surface area (TPSA) is 108 Å². The Morgan fingerprint density at radius 1 is 0.543 bits per heavy atom. The highest BCUT2D eigenvalue weighted by Crippen LogP contribution is 2.27. The summed E-state index contributed by atoms with van der Waals surface area (Å²) in [5.41, 5.74) is 0.680. The molecular formula is C34H38Br2O10. The van der Waals surface area contributed by atoms with Gasteiger partial charge in [-0.2, -0.15) is 0 Å². The molecule has 248 valence electrons. The van der Waals surface area contributed by atoms with E-state index in [2.05, 4.69) is 31.9 Å². The van der Waals surface area contributed by atoms with Gasteiger partial charge in [-0.15, -0.1) is 0 Å². The van der Waals surface area contributed by atoms with E-state index in [9.17, 15) is 9.59 Å². The summed E-state index contributed by atoms with van der Waals surface area (Å²) in [7, 11) is 0. The van der Waals surface area contributed by atoms with Gasteiger partial charge in [0.2, 0.25) is 0 Å². The number of ether oxygens (including phenoxy) is 8. The molecule has 4 rings (SSSR count). The minimum absolute atomic E-state index is 0.169. The summed E-state index contributed by atoms with van der Waals surface area (Å²) in [5, 5.41) is 0.522. The number of carbonyl (C=O) groups excluding carboxylic acids is 2. The summed E-state index contributed by atoms with van der Waals surface area (Å²) in [6.45, 7) is 2.05. The van der Waals surface area contributed by atoms with Gasteiger partial charge in [-0.1, -0.05) is 80.4 Å². The van der Waals surface area contributed by atoms with E-state index in [1.807, 2.05) is 24.3 Å². The summed E-state index contributed by atoms with van der Waals surface area (Å²) < 4.78 is 47.8. The summed E-state index contributed by atoms with van der Waals surface area (Å²) in [4.78, 5) is 26.8. The number of benzene rings is 3. The van der Waals surface area contributed by atoms with Gasteiger partial charge in [0.25, 0.3) is 0 Å². The zero-order chi connectivity index (χ0) is 32.4. The van der Waals surface area contributed by atoms with Gasteiger partial charge in [0.05, 0.1) is 50.8 Å². The van der Waals surface area contributed by atoms with Crippen molar-refractivity contribution in [3.05, 3.63) is 96.1 Å². The third-order valence-corrected chi connectivity index (χ3v) is 8.08. The molecule has 10 nitrogen and oxygen atoms in total. The zero-order valence-electron chi connectivity index (χ0n) is 25.3. The average Bonchev–Trinajstić information content (AvgIpc) is 3.10. The highest BCUT2D eigenvalue weighted by Gasteiger charge is 2.42. The first-order valence-corrected chi connectivity index (χ1v) is 17.2. The van der Waals surface area contributed by atoms with Gasteiger partial charge >= 0.3 is 11.9 Å². The van der Waals surface area contributed by atoms with Crippen LogP contribution < -0.4 is 9.47 Å². The van der Waals surface area contributed by atoms with Crippen molar-refractivity contribution in [1.29, 1.82) is 0 Å². The van der Waals surface area contributed by atoms with Crippen LogP contribution in [0.2, 0.25) is 0 Å². The number of hydrogen-bond acceptors (Lipinski definition) is 10. The van der Waals surface area contributed by atoms with E-state index >= 15 is 0 Å². The summed E-state index contributed by atoms with van der Waals surface area (Å²) in [6, 6.07) is 24.6. The standard InChI is InChI=1S/C34H38Br2O10/c35-23-29-31(45-33(37)25-9-3-1-4-10-25)32(46-34(38)26-11-5-2-6-12-26)30(24-36)44-22-18-40-16-20-42-28-14-8-7-13-27(28)41-19-15-39-17-21-43-29/h1-14,29-32H,15-24H2/t29-,30-,31-,32-/m1/s1. The second-order valence-electron chi connectivity index (χ2n) is 9.97. The molecule has 0 aromatic heterocycles. The molecule has 46 heavy (non-hydrogen) atoms. The zero-order valence-corrected chi connectivity index (χ0v) is 28.5. The van der Waals surface area contributed by atoms with Gasteiger partial charge < -0.3 is 37.9 Å². The molecule has 0 radical (unpaired) electrons. The predicted octanol–water partition coefficient (Wildman–Crippen LogP) is 5.50. The van der Waals surface area contributed by atoms with Crippen LogP contribution in [-0.4, -0.2) is 99.9 Å². The van der Waals surface area contributed by atoms with Crippen molar-refractivity contribution >= 4 is 43.8 Å². The van der Waals surface area contributed by atoms with E-state index in [-0.39, 0.29) is 37.1 Å². The van der Waals surface area contributed by atoms with Crippen molar-refractivity contribution in [3.8, 4) is 11.5 Å². The second kappa shape index (κ2) is 20.3. The lowest BCUT2D eigenvalue weighted by Gasteiger charge is -2.35. The molecule has 0 fully saturated rings. The number of alkyl halides is 2.